The Bertz CT molecular complexity index is 1230. The number of hydrogen-bond donors (Lipinski definition) is 1. The van der Waals surface area contributed by atoms with Crippen LogP contribution in [0.25, 0.3) is 11.4 Å². The molecule has 0 radical (unpaired) electrons. The third-order valence-electron chi connectivity index (χ3n) is 5.80. The normalized spacial score (nSPS) is 17.8. The Balaban J connectivity index is 0.00000259. The zero-order chi connectivity index (χ0) is 22.1. The molecule has 3 aromatic rings. The van der Waals surface area contributed by atoms with Crippen LogP contribution in [0.2, 0.25) is 0 Å². The number of carbonyl (C=O) groups is 1. The van der Waals surface area contributed by atoms with Gasteiger partial charge >= 0.3 is 0 Å². The predicted molar refractivity (Wildman–Crippen MR) is 127 cm³/mol. The van der Waals surface area contributed by atoms with Crippen LogP contribution in [0.4, 0.5) is 5.69 Å². The molecule has 2 heterocycles. The lowest BCUT2D eigenvalue weighted by molar-refractivity contribution is 0.102. The SMILES string of the molecule is Cl.O=C(Nc1ccc(-c2noc(C3CC3)n2)cc1)c1cccc(CN2CCS(=O)(=O)CC2)c1. The van der Waals surface area contributed by atoms with Crippen molar-refractivity contribution in [2.24, 2.45) is 0 Å². The molecule has 174 valence electrons. The van der Waals surface area contributed by atoms with Crippen molar-refractivity contribution in [3.8, 4) is 11.4 Å². The summed E-state index contributed by atoms with van der Waals surface area (Å²) in [4.78, 5) is 19.3. The Kier molecular flexibility index (Phi) is 6.83. The third-order valence-corrected chi connectivity index (χ3v) is 7.41. The Hall–Kier alpha value is -2.75. The zero-order valence-electron chi connectivity index (χ0n) is 17.9. The van der Waals surface area contributed by atoms with E-state index < -0.39 is 9.84 Å². The Morgan fingerprint density at radius 2 is 1.82 bits per heavy atom. The van der Waals surface area contributed by atoms with E-state index in [1.54, 1.807) is 6.07 Å². The number of benzene rings is 2. The summed E-state index contributed by atoms with van der Waals surface area (Å²) in [7, 11) is -2.90. The quantitative estimate of drug-likeness (QED) is 0.565. The van der Waals surface area contributed by atoms with E-state index >= 15 is 0 Å². The van der Waals surface area contributed by atoms with Gasteiger partial charge in [0.2, 0.25) is 11.7 Å². The maximum atomic E-state index is 12.7. The highest BCUT2D eigenvalue weighted by atomic mass is 35.5. The van der Waals surface area contributed by atoms with Crippen molar-refractivity contribution in [2.75, 3.05) is 29.9 Å². The van der Waals surface area contributed by atoms with Gasteiger partial charge in [-0.25, -0.2) is 8.42 Å². The van der Waals surface area contributed by atoms with E-state index in [0.717, 1.165) is 24.0 Å². The number of sulfone groups is 1. The number of nitrogens with zero attached hydrogens (tertiary/aromatic N) is 3. The van der Waals surface area contributed by atoms with Gasteiger partial charge in [0, 0.05) is 42.4 Å². The van der Waals surface area contributed by atoms with Crippen LogP contribution in [0.1, 0.15) is 40.6 Å². The molecule has 1 saturated carbocycles. The smallest absolute Gasteiger partial charge is 0.255 e. The fourth-order valence-electron chi connectivity index (χ4n) is 3.73. The van der Waals surface area contributed by atoms with E-state index in [9.17, 15) is 13.2 Å². The highest BCUT2D eigenvalue weighted by Crippen LogP contribution is 2.39. The lowest BCUT2D eigenvalue weighted by Gasteiger charge is -2.26. The van der Waals surface area contributed by atoms with Crippen molar-refractivity contribution in [2.45, 2.75) is 25.3 Å². The van der Waals surface area contributed by atoms with Gasteiger partial charge in [-0.05, 0) is 54.8 Å². The summed E-state index contributed by atoms with van der Waals surface area (Å²) in [5.74, 6) is 1.85. The molecule has 1 aromatic heterocycles. The summed E-state index contributed by atoms with van der Waals surface area (Å²) in [6, 6.07) is 14.8. The van der Waals surface area contributed by atoms with Crippen molar-refractivity contribution in [3.63, 3.8) is 0 Å². The van der Waals surface area contributed by atoms with Crippen LogP contribution in [-0.2, 0) is 16.4 Å². The van der Waals surface area contributed by atoms with E-state index in [4.69, 9.17) is 4.52 Å². The van der Waals surface area contributed by atoms with Gasteiger partial charge in [0.15, 0.2) is 9.84 Å². The first-order valence-electron chi connectivity index (χ1n) is 10.7. The lowest BCUT2D eigenvalue weighted by Crippen LogP contribution is -2.39. The van der Waals surface area contributed by atoms with Crippen molar-refractivity contribution in [1.29, 1.82) is 0 Å². The summed E-state index contributed by atoms with van der Waals surface area (Å²) in [6.45, 7) is 1.67. The summed E-state index contributed by atoms with van der Waals surface area (Å²) < 4.78 is 28.5. The van der Waals surface area contributed by atoms with Gasteiger partial charge < -0.3 is 9.84 Å². The second kappa shape index (κ2) is 9.62. The van der Waals surface area contributed by atoms with Gasteiger partial charge in [0.05, 0.1) is 11.5 Å². The number of rotatable bonds is 6. The van der Waals surface area contributed by atoms with E-state index in [1.165, 1.54) is 0 Å². The second-order valence-electron chi connectivity index (χ2n) is 8.39. The van der Waals surface area contributed by atoms with Crippen LogP contribution in [0.15, 0.2) is 53.1 Å². The third kappa shape index (κ3) is 5.79. The van der Waals surface area contributed by atoms with Crippen LogP contribution in [-0.4, -0.2) is 54.0 Å². The largest absolute Gasteiger partial charge is 0.339 e. The minimum Gasteiger partial charge on any atom is -0.339 e. The molecule has 1 saturated heterocycles. The highest BCUT2D eigenvalue weighted by molar-refractivity contribution is 7.91. The van der Waals surface area contributed by atoms with Crippen LogP contribution >= 0.6 is 12.4 Å². The number of anilines is 1. The van der Waals surface area contributed by atoms with Crippen LogP contribution in [0.5, 0.6) is 0 Å². The first-order chi connectivity index (χ1) is 15.4. The standard InChI is InChI=1S/C23H24N4O4S.ClH/c28-22(19-3-1-2-16(14-19)15-27-10-12-32(29,30)13-11-27)24-20-8-6-17(7-9-20)21-25-23(31-26-21)18-4-5-18;/h1-3,6-9,14,18H,4-5,10-13,15H2,(H,24,28);1H. The molecule has 2 fully saturated rings. The van der Waals surface area contributed by atoms with Crippen molar-refractivity contribution >= 4 is 33.8 Å². The molecule has 33 heavy (non-hydrogen) atoms. The maximum Gasteiger partial charge on any atom is 0.255 e. The predicted octanol–water partition coefficient (Wildman–Crippen LogP) is 3.52. The average molecular weight is 489 g/mol. The summed E-state index contributed by atoms with van der Waals surface area (Å²) in [6.07, 6.45) is 2.21. The number of amides is 1. The van der Waals surface area contributed by atoms with E-state index in [0.29, 0.717) is 48.5 Å². The number of nitrogens with one attached hydrogen (secondary N) is 1. The number of carbonyl (C=O) groups excluding carboxylic acids is 1. The summed E-state index contributed by atoms with van der Waals surface area (Å²) in [5, 5.41) is 6.96. The highest BCUT2D eigenvalue weighted by Gasteiger charge is 2.29. The second-order valence-corrected chi connectivity index (χ2v) is 10.7. The number of halogens is 1. The lowest BCUT2D eigenvalue weighted by atomic mass is 10.1. The topological polar surface area (TPSA) is 105 Å². The molecule has 0 unspecified atom stereocenters. The molecule has 0 bridgehead atoms. The molecule has 5 rings (SSSR count). The van der Waals surface area contributed by atoms with Gasteiger partial charge in [-0.2, -0.15) is 4.98 Å². The molecule has 2 aromatic carbocycles. The van der Waals surface area contributed by atoms with E-state index in [-0.39, 0.29) is 29.8 Å². The van der Waals surface area contributed by atoms with Gasteiger partial charge in [-0.15, -0.1) is 12.4 Å². The molecule has 1 aliphatic carbocycles. The van der Waals surface area contributed by atoms with Crippen molar-refractivity contribution in [1.82, 2.24) is 15.0 Å². The molecule has 1 N–H and O–H groups in total. The van der Waals surface area contributed by atoms with Crippen LogP contribution in [0, 0.1) is 0 Å². The average Bonchev–Trinajstić information content (AvgIpc) is 3.53. The monoisotopic (exact) mass is 488 g/mol. The number of aromatic nitrogens is 2. The van der Waals surface area contributed by atoms with E-state index in [1.807, 2.05) is 42.5 Å². The molecule has 2 aliphatic rings. The molecule has 0 spiro atoms. The molecular formula is C23H25ClN4O4S. The van der Waals surface area contributed by atoms with Gasteiger partial charge in [-0.3, -0.25) is 9.69 Å². The van der Waals surface area contributed by atoms with Crippen LogP contribution < -0.4 is 5.32 Å². The Morgan fingerprint density at radius 1 is 1.09 bits per heavy atom. The zero-order valence-corrected chi connectivity index (χ0v) is 19.6. The fourth-order valence-corrected chi connectivity index (χ4v) is 5.01. The van der Waals surface area contributed by atoms with Gasteiger partial charge in [-0.1, -0.05) is 17.3 Å². The maximum absolute atomic E-state index is 12.7. The Labute approximate surface area is 198 Å². The molecule has 0 atom stereocenters. The molecule has 1 amide bonds. The van der Waals surface area contributed by atoms with Gasteiger partial charge in [0.1, 0.15) is 0 Å². The fraction of sp³-hybridized carbons (Fsp3) is 0.348. The van der Waals surface area contributed by atoms with Gasteiger partial charge in [0.25, 0.3) is 5.91 Å². The van der Waals surface area contributed by atoms with Crippen molar-refractivity contribution in [3.05, 3.63) is 65.5 Å². The van der Waals surface area contributed by atoms with Crippen LogP contribution in [0.3, 0.4) is 0 Å². The molecule has 1 aliphatic heterocycles. The molecule has 8 nitrogen and oxygen atoms in total. The van der Waals surface area contributed by atoms with E-state index in [2.05, 4.69) is 20.4 Å². The molecular weight excluding hydrogens is 464 g/mol. The Morgan fingerprint density at radius 3 is 2.52 bits per heavy atom. The minimum absolute atomic E-state index is 0. The molecule has 10 heteroatoms. The first kappa shape index (κ1) is 23.4. The number of hydrogen-bond acceptors (Lipinski definition) is 7. The minimum atomic E-state index is -2.90. The summed E-state index contributed by atoms with van der Waals surface area (Å²) >= 11 is 0. The first-order valence-corrected chi connectivity index (χ1v) is 12.5. The summed E-state index contributed by atoms with van der Waals surface area (Å²) in [5.41, 5.74) is 3.06. The van der Waals surface area contributed by atoms with Crippen molar-refractivity contribution < 1.29 is 17.7 Å².